The molecule has 3 atom stereocenters. The van der Waals surface area contributed by atoms with Crippen LogP contribution >= 0.6 is 7.82 Å². The molecule has 0 aromatic heterocycles. The summed E-state index contributed by atoms with van der Waals surface area (Å²) in [4.78, 5) is 40.1. The zero-order chi connectivity index (χ0) is 59.3. The van der Waals surface area contributed by atoms with Gasteiger partial charge in [0.15, 0.2) is 0 Å². The molecule has 0 spiro atoms. The molecule has 10 heteroatoms. The number of esters is 1. The van der Waals surface area contributed by atoms with Gasteiger partial charge in [0.05, 0.1) is 33.8 Å². The van der Waals surface area contributed by atoms with Crippen LogP contribution in [0.2, 0.25) is 0 Å². The first-order valence-electron chi connectivity index (χ1n) is 33.9. The summed E-state index contributed by atoms with van der Waals surface area (Å²) < 4.78 is 30.4. The molecule has 0 fully saturated rings. The van der Waals surface area contributed by atoms with Gasteiger partial charge in [0.2, 0.25) is 5.91 Å². The van der Waals surface area contributed by atoms with Crippen molar-refractivity contribution < 1.29 is 37.3 Å². The Hall–Kier alpha value is -2.81. The molecule has 0 heterocycles. The number of unbranched alkanes of at least 4 members (excludes halogenated alkanes) is 33. The van der Waals surface area contributed by atoms with Crippen molar-refractivity contribution in [2.24, 2.45) is 0 Å². The zero-order valence-corrected chi connectivity index (χ0v) is 54.6. The largest absolute Gasteiger partial charge is 0.756 e. The molecule has 0 aromatic carbocycles. The predicted octanol–water partition coefficient (Wildman–Crippen LogP) is 20.7. The van der Waals surface area contributed by atoms with E-state index in [4.69, 9.17) is 13.8 Å². The number of quaternary nitrogens is 1. The predicted molar refractivity (Wildman–Crippen MR) is 348 cm³/mol. The maximum absolute atomic E-state index is 13.5. The Morgan fingerprint density at radius 3 is 1.15 bits per heavy atom. The van der Waals surface area contributed by atoms with Crippen LogP contribution in [0.25, 0.3) is 0 Å². The van der Waals surface area contributed by atoms with Crippen LogP contribution in [0.15, 0.2) is 85.1 Å². The number of carbonyl (C=O) groups excluding carboxylic acids is 2. The van der Waals surface area contributed by atoms with Crippen LogP contribution in [0.3, 0.4) is 0 Å². The van der Waals surface area contributed by atoms with E-state index in [2.05, 4.69) is 99.0 Å². The Morgan fingerprint density at radius 2 is 0.753 bits per heavy atom. The molecular formula is C71H129N2O7P. The van der Waals surface area contributed by atoms with Crippen molar-refractivity contribution in [1.82, 2.24) is 5.32 Å². The van der Waals surface area contributed by atoms with Gasteiger partial charge in [-0.15, -0.1) is 0 Å². The van der Waals surface area contributed by atoms with E-state index in [1.54, 1.807) is 0 Å². The number of amides is 1. The molecule has 81 heavy (non-hydrogen) atoms. The number of likely N-dealkylation sites (N-methyl/N-ethyl adjacent to an activating group) is 1. The lowest BCUT2D eigenvalue weighted by Crippen LogP contribution is -2.47. The average molecular weight is 1150 g/mol. The van der Waals surface area contributed by atoms with Crippen LogP contribution < -0.4 is 10.2 Å². The van der Waals surface area contributed by atoms with Gasteiger partial charge in [0.25, 0.3) is 7.82 Å². The van der Waals surface area contributed by atoms with Crippen LogP contribution in [0.1, 0.15) is 303 Å². The Balaban J connectivity index is 5.06. The monoisotopic (exact) mass is 1150 g/mol. The summed E-state index contributed by atoms with van der Waals surface area (Å²) in [5.74, 6) is -0.551. The van der Waals surface area contributed by atoms with Gasteiger partial charge in [-0.05, 0) is 109 Å². The Labute approximate surface area is 501 Å². The van der Waals surface area contributed by atoms with Crippen LogP contribution in [-0.4, -0.2) is 69.4 Å². The van der Waals surface area contributed by atoms with Gasteiger partial charge < -0.3 is 28.5 Å². The molecule has 1 N–H and O–H groups in total. The van der Waals surface area contributed by atoms with Gasteiger partial charge in [-0.2, -0.15) is 0 Å². The molecule has 3 unspecified atom stereocenters. The van der Waals surface area contributed by atoms with Crippen LogP contribution in [0, 0.1) is 0 Å². The van der Waals surface area contributed by atoms with Crippen molar-refractivity contribution in [2.45, 2.75) is 315 Å². The fourth-order valence-corrected chi connectivity index (χ4v) is 10.3. The summed E-state index contributed by atoms with van der Waals surface area (Å²) in [6.07, 6.45) is 79.8. The second-order valence-electron chi connectivity index (χ2n) is 24.0. The molecule has 0 aliphatic heterocycles. The van der Waals surface area contributed by atoms with E-state index in [0.717, 1.165) is 96.3 Å². The summed E-state index contributed by atoms with van der Waals surface area (Å²) in [6.45, 7) is 6.79. The molecule has 9 nitrogen and oxygen atoms in total. The molecule has 1 amide bonds. The SMILES string of the molecule is CCCCC/C=C\C/C=C\C/C=C\C/C=C\CCCCCCCCCCCCCC(=O)OC(/C=C\CCCCCCCCCCC)C(COP(=O)([O-])OCC[N+](C)(C)C)NC(=O)CCCCCCCCC/C=C\C/C=C\CCCCC. The topological polar surface area (TPSA) is 114 Å². The number of carbonyl (C=O) groups is 2. The Bertz CT molecular complexity index is 1660. The van der Waals surface area contributed by atoms with Crippen molar-refractivity contribution in [3.63, 3.8) is 0 Å². The Morgan fingerprint density at radius 1 is 0.432 bits per heavy atom. The first kappa shape index (κ1) is 78.2. The molecule has 470 valence electrons. The van der Waals surface area contributed by atoms with Gasteiger partial charge in [-0.1, -0.05) is 267 Å². The fraction of sp³-hybridized carbons (Fsp3) is 0.775. The molecule has 0 aromatic rings. The number of phosphoric acid groups is 1. The normalized spacial score (nSPS) is 14.1. The highest BCUT2D eigenvalue weighted by Gasteiger charge is 2.27. The third kappa shape index (κ3) is 61.6. The lowest BCUT2D eigenvalue weighted by molar-refractivity contribution is -0.870. The number of phosphoric ester groups is 1. The van der Waals surface area contributed by atoms with Crippen molar-refractivity contribution in [1.29, 1.82) is 0 Å². The van der Waals surface area contributed by atoms with E-state index >= 15 is 0 Å². The maximum atomic E-state index is 13.5. The number of rotatable bonds is 61. The standard InChI is InChI=1S/C71H129N2O7P/c1-7-10-13-16-19-22-25-27-29-31-32-33-34-35-36-37-38-39-40-42-44-46-49-52-55-58-61-64-71(75)80-69(62-59-56-53-50-47-24-21-18-15-12-9-3)68(67-79-81(76,77)78-66-65-73(4,5)6)72-70(74)63-60-57-54-51-48-45-43-41-30-28-26-23-20-17-14-11-8-2/h19-20,22-23,27-30,32-33,35-36,59,62,68-69H,7-18,21,24-26,31,34,37-58,60-61,63-67H2,1-6H3,(H-,72,74,76,77)/b22-19-,23-20-,29-27-,30-28-,33-32-,36-35-,62-59-. The lowest BCUT2D eigenvalue weighted by atomic mass is 10.0. The summed E-state index contributed by atoms with van der Waals surface area (Å²) in [6, 6.07) is -0.897. The van der Waals surface area contributed by atoms with Gasteiger partial charge in [0, 0.05) is 12.8 Å². The molecule has 0 radical (unpaired) electrons. The van der Waals surface area contributed by atoms with E-state index in [1.807, 2.05) is 33.3 Å². The summed E-state index contributed by atoms with van der Waals surface area (Å²) in [5, 5.41) is 3.03. The third-order valence-electron chi connectivity index (χ3n) is 14.8. The fourth-order valence-electron chi connectivity index (χ4n) is 9.54. The third-order valence-corrected chi connectivity index (χ3v) is 15.8. The van der Waals surface area contributed by atoms with E-state index in [9.17, 15) is 19.0 Å². The van der Waals surface area contributed by atoms with Crippen LogP contribution in [-0.2, 0) is 27.9 Å². The van der Waals surface area contributed by atoms with Crippen molar-refractivity contribution in [3.8, 4) is 0 Å². The highest BCUT2D eigenvalue weighted by Crippen LogP contribution is 2.38. The van der Waals surface area contributed by atoms with Crippen molar-refractivity contribution in [3.05, 3.63) is 85.1 Å². The van der Waals surface area contributed by atoms with E-state index < -0.39 is 26.6 Å². The molecule has 0 rings (SSSR count). The average Bonchev–Trinajstić information content (AvgIpc) is 3.44. The zero-order valence-electron chi connectivity index (χ0n) is 53.7. The highest BCUT2D eigenvalue weighted by atomic mass is 31.2. The van der Waals surface area contributed by atoms with Crippen LogP contribution in [0.4, 0.5) is 0 Å². The first-order chi connectivity index (χ1) is 39.4. The van der Waals surface area contributed by atoms with Crippen molar-refractivity contribution >= 4 is 19.7 Å². The Kier molecular flexibility index (Phi) is 58.2. The maximum Gasteiger partial charge on any atom is 0.306 e. The summed E-state index contributed by atoms with van der Waals surface area (Å²) >= 11 is 0. The molecule has 0 saturated carbocycles. The first-order valence-corrected chi connectivity index (χ1v) is 35.4. The summed E-state index contributed by atoms with van der Waals surface area (Å²) in [5.41, 5.74) is 0. The second kappa shape index (κ2) is 60.3. The molecular weight excluding hydrogens is 1020 g/mol. The smallest absolute Gasteiger partial charge is 0.306 e. The molecule has 0 aliphatic rings. The minimum Gasteiger partial charge on any atom is -0.756 e. The number of hydrogen-bond acceptors (Lipinski definition) is 7. The number of allylic oxidation sites excluding steroid dienone is 13. The lowest BCUT2D eigenvalue weighted by Gasteiger charge is -2.30. The quantitative estimate of drug-likeness (QED) is 0.0212. The van der Waals surface area contributed by atoms with E-state index in [0.29, 0.717) is 17.4 Å². The van der Waals surface area contributed by atoms with Gasteiger partial charge in [0.1, 0.15) is 19.3 Å². The van der Waals surface area contributed by atoms with E-state index in [-0.39, 0.29) is 24.9 Å². The molecule has 0 saturated heterocycles. The summed E-state index contributed by atoms with van der Waals surface area (Å²) in [7, 11) is 1.17. The highest BCUT2D eigenvalue weighted by molar-refractivity contribution is 7.45. The van der Waals surface area contributed by atoms with Crippen LogP contribution in [0.5, 0.6) is 0 Å². The minimum absolute atomic E-state index is 0.0270. The van der Waals surface area contributed by atoms with Gasteiger partial charge in [-0.25, -0.2) is 0 Å². The van der Waals surface area contributed by atoms with Crippen molar-refractivity contribution in [2.75, 3.05) is 40.9 Å². The number of nitrogens with zero attached hydrogens (tertiary/aromatic N) is 1. The van der Waals surface area contributed by atoms with Gasteiger partial charge in [-0.3, -0.25) is 14.2 Å². The molecule has 0 bridgehead atoms. The van der Waals surface area contributed by atoms with Gasteiger partial charge >= 0.3 is 5.97 Å². The minimum atomic E-state index is -4.71. The second-order valence-corrected chi connectivity index (χ2v) is 25.4. The number of nitrogens with one attached hydrogen (secondary N) is 1. The van der Waals surface area contributed by atoms with E-state index in [1.165, 1.54) is 173 Å². The number of ether oxygens (including phenoxy) is 1. The molecule has 0 aliphatic carbocycles. The number of hydrogen-bond donors (Lipinski definition) is 1.